The summed E-state index contributed by atoms with van der Waals surface area (Å²) in [5.74, 6) is 0.749. The van der Waals surface area contributed by atoms with E-state index in [1.807, 2.05) is 36.7 Å². The number of aromatic nitrogens is 1. The van der Waals surface area contributed by atoms with Gasteiger partial charge >= 0.3 is 0 Å². The lowest BCUT2D eigenvalue weighted by Gasteiger charge is -1.95. The number of nitrogens with one attached hydrogen (secondary N) is 1. The van der Waals surface area contributed by atoms with Crippen LogP contribution < -0.4 is 0 Å². The third-order valence-electron chi connectivity index (χ3n) is 1.63. The molecule has 0 fully saturated rings. The maximum Gasteiger partial charge on any atom is 0.00858 e. The van der Waals surface area contributed by atoms with E-state index in [1.54, 1.807) is 6.08 Å². The zero-order valence-corrected chi connectivity index (χ0v) is 8.30. The van der Waals surface area contributed by atoms with Crippen LogP contribution in [0.2, 0.25) is 0 Å². The van der Waals surface area contributed by atoms with Crippen molar-refractivity contribution in [2.45, 2.75) is 0 Å². The molecule has 0 amide bonds. The van der Waals surface area contributed by atoms with E-state index in [0.717, 1.165) is 16.9 Å². The lowest BCUT2D eigenvalue weighted by Crippen LogP contribution is -1.75. The summed E-state index contributed by atoms with van der Waals surface area (Å²) in [6.45, 7) is 3.68. The molecule has 0 aliphatic heterocycles. The molecule has 1 aromatic rings. The van der Waals surface area contributed by atoms with Gasteiger partial charge in [0.05, 0.1) is 0 Å². The van der Waals surface area contributed by atoms with E-state index < -0.39 is 0 Å². The Morgan fingerprint density at radius 3 is 3.00 bits per heavy atom. The summed E-state index contributed by atoms with van der Waals surface area (Å²) < 4.78 is 0. The Morgan fingerprint density at radius 2 is 2.46 bits per heavy atom. The number of hydrogen-bond acceptors (Lipinski definition) is 1. The fourth-order valence-corrected chi connectivity index (χ4v) is 1.16. The van der Waals surface area contributed by atoms with Crippen LogP contribution in [0.15, 0.2) is 49.3 Å². The second-order valence-corrected chi connectivity index (χ2v) is 2.91. The molecule has 0 unspecified atom stereocenters. The topological polar surface area (TPSA) is 15.8 Å². The quantitative estimate of drug-likeness (QED) is 0.537. The first-order valence-electron chi connectivity index (χ1n) is 4.11. The molecule has 0 radical (unpaired) electrons. The molecule has 0 saturated heterocycles. The van der Waals surface area contributed by atoms with Crippen molar-refractivity contribution in [2.75, 3.05) is 5.75 Å². The summed E-state index contributed by atoms with van der Waals surface area (Å²) >= 11 is 4.11. The van der Waals surface area contributed by atoms with Gasteiger partial charge in [0.2, 0.25) is 0 Å². The largest absolute Gasteiger partial charge is 0.367 e. The Hall–Kier alpha value is -1.15. The molecular formula is C11H13NS. The number of allylic oxidation sites excluding steroid dienone is 4. The SMILES string of the molecule is C=CC=C(C=CCS)c1cc[nH]c1. The molecule has 0 spiro atoms. The molecule has 13 heavy (non-hydrogen) atoms. The number of hydrogen-bond donors (Lipinski definition) is 2. The predicted octanol–water partition coefficient (Wildman–Crippen LogP) is 3.07. The maximum absolute atomic E-state index is 4.11. The van der Waals surface area contributed by atoms with Gasteiger partial charge in [0.25, 0.3) is 0 Å². The van der Waals surface area contributed by atoms with Crippen molar-refractivity contribution >= 4 is 18.2 Å². The highest BCUT2D eigenvalue weighted by Crippen LogP contribution is 2.14. The number of aromatic amines is 1. The van der Waals surface area contributed by atoms with Crippen LogP contribution in [0, 0.1) is 0 Å². The molecule has 1 N–H and O–H groups in total. The van der Waals surface area contributed by atoms with Crippen LogP contribution in [0.4, 0.5) is 0 Å². The van der Waals surface area contributed by atoms with E-state index in [1.165, 1.54) is 0 Å². The van der Waals surface area contributed by atoms with Gasteiger partial charge in [0, 0.05) is 18.1 Å². The maximum atomic E-state index is 4.11. The van der Waals surface area contributed by atoms with Gasteiger partial charge in [0.1, 0.15) is 0 Å². The number of rotatable bonds is 4. The molecule has 0 saturated carbocycles. The minimum absolute atomic E-state index is 0.749. The van der Waals surface area contributed by atoms with Crippen molar-refractivity contribution in [3.05, 3.63) is 54.9 Å². The molecule has 1 aromatic heterocycles. The normalized spacial score (nSPS) is 12.2. The van der Waals surface area contributed by atoms with E-state index in [4.69, 9.17) is 0 Å². The average Bonchev–Trinajstić information content (AvgIpc) is 2.65. The second kappa shape index (κ2) is 5.49. The van der Waals surface area contributed by atoms with Crippen LogP contribution in [-0.4, -0.2) is 10.7 Å². The summed E-state index contributed by atoms with van der Waals surface area (Å²) in [6, 6.07) is 2.03. The van der Waals surface area contributed by atoms with Gasteiger partial charge in [-0.05, 0) is 17.2 Å². The van der Waals surface area contributed by atoms with E-state index in [9.17, 15) is 0 Å². The van der Waals surface area contributed by atoms with Crippen LogP contribution >= 0.6 is 12.6 Å². The molecular weight excluding hydrogens is 178 g/mol. The van der Waals surface area contributed by atoms with E-state index in [0.29, 0.717) is 0 Å². The first-order valence-corrected chi connectivity index (χ1v) is 4.75. The van der Waals surface area contributed by atoms with Gasteiger partial charge in [-0.1, -0.05) is 30.9 Å². The van der Waals surface area contributed by atoms with Crippen LogP contribution in [0.5, 0.6) is 0 Å². The van der Waals surface area contributed by atoms with E-state index in [2.05, 4.69) is 24.2 Å². The van der Waals surface area contributed by atoms with Gasteiger partial charge in [-0.25, -0.2) is 0 Å². The van der Waals surface area contributed by atoms with Crippen LogP contribution in [0.3, 0.4) is 0 Å². The minimum atomic E-state index is 0.749. The average molecular weight is 191 g/mol. The molecule has 0 atom stereocenters. The Balaban J connectivity index is 2.87. The first kappa shape index (κ1) is 9.93. The molecule has 2 heteroatoms. The third-order valence-corrected chi connectivity index (χ3v) is 1.84. The lowest BCUT2D eigenvalue weighted by atomic mass is 10.1. The third kappa shape index (κ3) is 2.99. The Kier molecular flexibility index (Phi) is 4.19. The molecule has 1 heterocycles. The fraction of sp³-hybridized carbons (Fsp3) is 0.0909. The highest BCUT2D eigenvalue weighted by molar-refractivity contribution is 7.80. The van der Waals surface area contributed by atoms with Crippen molar-refractivity contribution in [1.82, 2.24) is 4.98 Å². The van der Waals surface area contributed by atoms with E-state index in [-0.39, 0.29) is 0 Å². The van der Waals surface area contributed by atoms with Gasteiger partial charge in [-0.2, -0.15) is 12.6 Å². The lowest BCUT2D eigenvalue weighted by molar-refractivity contribution is 1.41. The minimum Gasteiger partial charge on any atom is -0.367 e. The monoisotopic (exact) mass is 191 g/mol. The molecule has 68 valence electrons. The van der Waals surface area contributed by atoms with Crippen molar-refractivity contribution in [3.8, 4) is 0 Å². The zero-order valence-electron chi connectivity index (χ0n) is 7.40. The van der Waals surface area contributed by atoms with Crippen LogP contribution in [-0.2, 0) is 0 Å². The van der Waals surface area contributed by atoms with Gasteiger partial charge in [0.15, 0.2) is 0 Å². The second-order valence-electron chi connectivity index (χ2n) is 2.54. The Morgan fingerprint density at radius 1 is 1.62 bits per heavy atom. The fourth-order valence-electron chi connectivity index (χ4n) is 1.06. The zero-order chi connectivity index (χ0) is 9.52. The molecule has 0 aliphatic carbocycles. The van der Waals surface area contributed by atoms with Crippen molar-refractivity contribution in [3.63, 3.8) is 0 Å². The van der Waals surface area contributed by atoms with Gasteiger partial charge < -0.3 is 4.98 Å². The summed E-state index contributed by atoms with van der Waals surface area (Å²) in [4.78, 5) is 3.02. The molecule has 1 rings (SSSR count). The molecule has 0 aliphatic rings. The van der Waals surface area contributed by atoms with E-state index >= 15 is 0 Å². The predicted molar refractivity (Wildman–Crippen MR) is 62.0 cm³/mol. The molecule has 1 nitrogen and oxygen atoms in total. The van der Waals surface area contributed by atoms with Gasteiger partial charge in [-0.15, -0.1) is 0 Å². The standard InChI is InChI=1S/C11H13NS/c1-2-4-10(5-3-8-13)11-6-7-12-9-11/h2-7,9,12-13H,1,8H2. The number of H-pyrrole nitrogens is 1. The highest BCUT2D eigenvalue weighted by Gasteiger charge is 1.95. The van der Waals surface area contributed by atoms with Crippen molar-refractivity contribution in [1.29, 1.82) is 0 Å². The highest BCUT2D eigenvalue weighted by atomic mass is 32.1. The molecule has 0 aromatic carbocycles. The first-order chi connectivity index (χ1) is 6.38. The van der Waals surface area contributed by atoms with Crippen LogP contribution in [0.1, 0.15) is 5.56 Å². The summed E-state index contributed by atoms with van der Waals surface area (Å²) in [5.41, 5.74) is 2.31. The molecule has 0 bridgehead atoms. The summed E-state index contributed by atoms with van der Waals surface area (Å²) in [5, 5.41) is 0. The summed E-state index contributed by atoms with van der Waals surface area (Å²) in [7, 11) is 0. The van der Waals surface area contributed by atoms with Crippen molar-refractivity contribution < 1.29 is 0 Å². The van der Waals surface area contributed by atoms with Crippen molar-refractivity contribution in [2.24, 2.45) is 0 Å². The Bertz CT molecular complexity index is 307. The Labute approximate surface area is 84.3 Å². The summed E-state index contributed by atoms with van der Waals surface area (Å²) in [6.07, 6.45) is 11.7. The smallest absolute Gasteiger partial charge is 0.00858 e. The van der Waals surface area contributed by atoms with Crippen LogP contribution in [0.25, 0.3) is 5.57 Å². The number of thiol groups is 1. The van der Waals surface area contributed by atoms with Gasteiger partial charge in [-0.3, -0.25) is 0 Å².